The highest BCUT2D eigenvalue weighted by Gasteiger charge is 2.15. The number of aliphatic hydroxyl groups excluding tert-OH is 1. The molecular weight excluding hydrogens is 388 g/mol. The van der Waals surface area contributed by atoms with Crippen LogP contribution in [0.5, 0.6) is 11.5 Å². The monoisotopic (exact) mass is 410 g/mol. The van der Waals surface area contributed by atoms with Crippen LogP contribution in [0.4, 0.5) is 11.6 Å². The van der Waals surface area contributed by atoms with Crippen LogP contribution in [0.25, 0.3) is 10.9 Å². The molecule has 4 N–H and O–H groups in total. The summed E-state index contributed by atoms with van der Waals surface area (Å²) in [7, 11) is 0. The van der Waals surface area contributed by atoms with Crippen molar-refractivity contribution in [2.75, 3.05) is 5.32 Å². The number of anilines is 2. The highest BCUT2D eigenvalue weighted by molar-refractivity contribution is 5.80. The molecule has 0 saturated carbocycles. The molecule has 4 rings (SSSR count). The van der Waals surface area contributed by atoms with E-state index in [0.717, 1.165) is 33.7 Å². The third kappa shape index (κ3) is 4.64. The van der Waals surface area contributed by atoms with Crippen molar-refractivity contribution >= 4 is 22.5 Å². The molecule has 0 saturated heterocycles. The van der Waals surface area contributed by atoms with Gasteiger partial charge in [-0.2, -0.15) is 0 Å². The van der Waals surface area contributed by atoms with Crippen LogP contribution in [0.15, 0.2) is 72.9 Å². The van der Waals surface area contributed by atoms with Gasteiger partial charge in [0, 0.05) is 17.3 Å². The molecule has 6 nitrogen and oxygen atoms in total. The number of terminal acetylenes is 1. The van der Waals surface area contributed by atoms with Crippen LogP contribution in [0.1, 0.15) is 17.2 Å². The number of benzene rings is 3. The molecule has 154 valence electrons. The fourth-order valence-corrected chi connectivity index (χ4v) is 3.18. The van der Waals surface area contributed by atoms with Gasteiger partial charge in [0.1, 0.15) is 17.6 Å². The number of fused-ring (bicyclic) bond motifs is 1. The molecule has 31 heavy (non-hydrogen) atoms. The fraction of sp³-hybridized carbons (Fsp3) is 0.120. The molecule has 0 aliphatic heterocycles. The van der Waals surface area contributed by atoms with Gasteiger partial charge in [-0.15, -0.1) is 6.42 Å². The number of para-hydroxylation sites is 1. The normalized spacial score (nSPS) is 12.7. The van der Waals surface area contributed by atoms with Crippen LogP contribution < -0.4 is 15.8 Å². The maximum atomic E-state index is 10.2. The minimum atomic E-state index is -0.938. The Balaban J connectivity index is 1.52. The van der Waals surface area contributed by atoms with Crippen molar-refractivity contribution in [3.05, 3.63) is 84.1 Å². The van der Waals surface area contributed by atoms with Crippen LogP contribution in [0.2, 0.25) is 0 Å². The summed E-state index contributed by atoms with van der Waals surface area (Å²) in [6.07, 6.45) is 6.06. The van der Waals surface area contributed by atoms with Gasteiger partial charge in [0.05, 0.1) is 11.6 Å². The zero-order valence-electron chi connectivity index (χ0n) is 17.0. The van der Waals surface area contributed by atoms with Crippen LogP contribution in [-0.2, 0) is 0 Å². The summed E-state index contributed by atoms with van der Waals surface area (Å²) in [6, 6.07) is 20.1. The van der Waals surface area contributed by atoms with Crippen LogP contribution in [-0.4, -0.2) is 21.1 Å². The standard InChI is InChI=1S/C25H22N4O2/c1-3-21(26)24(30)17-9-11-22-18(14-17)15-27-25(29-22)28-19-10-12-23(16(2)13-19)31-20-7-5-4-6-8-20/h1,4-15,21,24,30H,26H2,2H3,(H,27,28,29). The third-order valence-electron chi connectivity index (χ3n) is 4.88. The van der Waals surface area contributed by atoms with Crippen LogP contribution in [0, 0.1) is 19.3 Å². The first-order valence-corrected chi connectivity index (χ1v) is 9.80. The quantitative estimate of drug-likeness (QED) is 0.406. The lowest BCUT2D eigenvalue weighted by atomic mass is 10.0. The van der Waals surface area contributed by atoms with Crippen molar-refractivity contribution in [1.29, 1.82) is 0 Å². The Morgan fingerprint density at radius 2 is 1.90 bits per heavy atom. The summed E-state index contributed by atoms with van der Waals surface area (Å²) in [6.45, 7) is 1.98. The van der Waals surface area contributed by atoms with Gasteiger partial charge >= 0.3 is 0 Å². The second-order valence-corrected chi connectivity index (χ2v) is 7.17. The summed E-state index contributed by atoms with van der Waals surface area (Å²) < 4.78 is 5.93. The zero-order valence-corrected chi connectivity index (χ0v) is 17.0. The first-order chi connectivity index (χ1) is 15.0. The molecule has 6 heteroatoms. The molecule has 0 spiro atoms. The zero-order chi connectivity index (χ0) is 21.8. The van der Waals surface area contributed by atoms with Gasteiger partial charge in [-0.05, 0) is 60.5 Å². The summed E-state index contributed by atoms with van der Waals surface area (Å²) in [5, 5.41) is 14.2. The minimum absolute atomic E-state index is 0.470. The summed E-state index contributed by atoms with van der Waals surface area (Å²) in [5.41, 5.74) is 8.94. The Bertz CT molecular complexity index is 1250. The maximum absolute atomic E-state index is 10.2. The number of nitrogens with zero attached hydrogens (tertiary/aromatic N) is 2. The molecule has 0 radical (unpaired) electrons. The Labute approximate surface area is 180 Å². The van der Waals surface area contributed by atoms with Crippen molar-refractivity contribution in [3.8, 4) is 23.8 Å². The molecule has 2 atom stereocenters. The number of nitrogens with two attached hydrogens (primary N) is 1. The molecule has 0 amide bonds. The maximum Gasteiger partial charge on any atom is 0.227 e. The number of hydrogen-bond donors (Lipinski definition) is 3. The van der Waals surface area contributed by atoms with E-state index in [4.69, 9.17) is 16.9 Å². The predicted molar refractivity (Wildman–Crippen MR) is 122 cm³/mol. The molecule has 4 aromatic rings. The van der Waals surface area contributed by atoms with Gasteiger partial charge in [0.2, 0.25) is 5.95 Å². The van der Waals surface area contributed by atoms with Gasteiger partial charge in [-0.3, -0.25) is 0 Å². The average molecular weight is 410 g/mol. The Hall–Kier alpha value is -3.92. The van der Waals surface area contributed by atoms with Crippen LogP contribution in [0.3, 0.4) is 0 Å². The fourth-order valence-electron chi connectivity index (χ4n) is 3.18. The lowest BCUT2D eigenvalue weighted by Crippen LogP contribution is -2.26. The molecule has 0 bridgehead atoms. The Morgan fingerprint density at radius 3 is 2.65 bits per heavy atom. The number of aromatic nitrogens is 2. The topological polar surface area (TPSA) is 93.3 Å². The minimum Gasteiger partial charge on any atom is -0.457 e. The summed E-state index contributed by atoms with van der Waals surface area (Å²) in [4.78, 5) is 8.93. The summed E-state index contributed by atoms with van der Waals surface area (Å²) >= 11 is 0. The number of aliphatic hydroxyl groups is 1. The molecule has 0 aliphatic carbocycles. The second-order valence-electron chi connectivity index (χ2n) is 7.17. The van der Waals surface area contributed by atoms with Crippen molar-refractivity contribution < 1.29 is 9.84 Å². The molecule has 3 aromatic carbocycles. The molecule has 1 heterocycles. The molecular formula is C25H22N4O2. The van der Waals surface area contributed by atoms with Crippen molar-refractivity contribution in [2.24, 2.45) is 5.73 Å². The van der Waals surface area contributed by atoms with E-state index in [1.807, 2.05) is 61.5 Å². The van der Waals surface area contributed by atoms with Crippen molar-refractivity contribution in [3.63, 3.8) is 0 Å². The van der Waals surface area contributed by atoms with E-state index in [9.17, 15) is 5.11 Å². The first kappa shape index (κ1) is 20.4. The third-order valence-corrected chi connectivity index (χ3v) is 4.88. The molecule has 1 aromatic heterocycles. The van der Waals surface area contributed by atoms with E-state index in [-0.39, 0.29) is 0 Å². The van der Waals surface area contributed by atoms with Gasteiger partial charge < -0.3 is 20.9 Å². The highest BCUT2D eigenvalue weighted by Crippen LogP contribution is 2.28. The molecule has 2 unspecified atom stereocenters. The van der Waals surface area contributed by atoms with E-state index in [1.165, 1.54) is 0 Å². The van der Waals surface area contributed by atoms with E-state index in [1.54, 1.807) is 18.3 Å². The van der Waals surface area contributed by atoms with Gasteiger partial charge in [-0.1, -0.05) is 30.2 Å². The number of nitrogens with one attached hydrogen (secondary N) is 1. The predicted octanol–water partition coefficient (Wildman–Crippen LogP) is 4.47. The average Bonchev–Trinajstić information content (AvgIpc) is 2.80. The molecule has 0 fully saturated rings. The van der Waals surface area contributed by atoms with E-state index < -0.39 is 12.1 Å². The van der Waals surface area contributed by atoms with E-state index in [2.05, 4.69) is 21.2 Å². The number of aryl methyl sites for hydroxylation is 1. The van der Waals surface area contributed by atoms with Gasteiger partial charge in [0.25, 0.3) is 0 Å². The smallest absolute Gasteiger partial charge is 0.227 e. The van der Waals surface area contributed by atoms with Gasteiger partial charge in [0.15, 0.2) is 0 Å². The Morgan fingerprint density at radius 1 is 1.10 bits per heavy atom. The first-order valence-electron chi connectivity index (χ1n) is 9.80. The summed E-state index contributed by atoms with van der Waals surface area (Å²) in [5.74, 6) is 4.39. The Kier molecular flexibility index (Phi) is 5.80. The number of hydrogen-bond acceptors (Lipinski definition) is 6. The van der Waals surface area contributed by atoms with Crippen molar-refractivity contribution in [2.45, 2.75) is 19.1 Å². The van der Waals surface area contributed by atoms with Gasteiger partial charge in [-0.25, -0.2) is 9.97 Å². The second kappa shape index (κ2) is 8.84. The lowest BCUT2D eigenvalue weighted by molar-refractivity contribution is 0.166. The van der Waals surface area contributed by atoms with Crippen molar-refractivity contribution in [1.82, 2.24) is 9.97 Å². The van der Waals surface area contributed by atoms with E-state index in [0.29, 0.717) is 11.5 Å². The largest absolute Gasteiger partial charge is 0.457 e. The number of rotatable bonds is 6. The highest BCUT2D eigenvalue weighted by atomic mass is 16.5. The SMILES string of the molecule is C#CC(N)C(O)c1ccc2nc(Nc3ccc(Oc4ccccc4)c(C)c3)ncc2c1. The van der Waals surface area contributed by atoms with E-state index >= 15 is 0 Å². The number of ether oxygens (including phenoxy) is 1. The lowest BCUT2D eigenvalue weighted by Gasteiger charge is -2.15. The van der Waals surface area contributed by atoms with Crippen LogP contribution >= 0.6 is 0 Å². The molecule has 0 aliphatic rings.